The summed E-state index contributed by atoms with van der Waals surface area (Å²) in [5, 5.41) is 11.7. The topological polar surface area (TPSA) is 61.8 Å². The SMILES string of the molecule is CN(CC1CCCC1)CC1(CC(N)=NO)CC1. The highest BCUT2D eigenvalue weighted by Crippen LogP contribution is 2.49. The van der Waals surface area contributed by atoms with Crippen LogP contribution in [0.5, 0.6) is 0 Å². The zero-order valence-corrected chi connectivity index (χ0v) is 10.9. The first-order valence-electron chi connectivity index (χ1n) is 6.78. The lowest BCUT2D eigenvalue weighted by atomic mass is 10.00. The van der Waals surface area contributed by atoms with Gasteiger partial charge in [-0.3, -0.25) is 0 Å². The minimum atomic E-state index is 0.309. The highest BCUT2D eigenvalue weighted by molar-refractivity contribution is 5.80. The van der Waals surface area contributed by atoms with Crippen LogP contribution >= 0.6 is 0 Å². The van der Waals surface area contributed by atoms with Gasteiger partial charge in [0.2, 0.25) is 0 Å². The van der Waals surface area contributed by atoms with Gasteiger partial charge in [0.05, 0.1) is 0 Å². The highest BCUT2D eigenvalue weighted by atomic mass is 16.4. The predicted octanol–water partition coefficient (Wildman–Crippen LogP) is 2.03. The van der Waals surface area contributed by atoms with Crippen molar-refractivity contribution in [1.29, 1.82) is 0 Å². The number of amidine groups is 1. The minimum Gasteiger partial charge on any atom is -0.409 e. The summed E-state index contributed by atoms with van der Waals surface area (Å²) < 4.78 is 0. The van der Waals surface area contributed by atoms with Gasteiger partial charge in [-0.15, -0.1) is 0 Å². The van der Waals surface area contributed by atoms with E-state index in [2.05, 4.69) is 17.1 Å². The van der Waals surface area contributed by atoms with Gasteiger partial charge in [-0.05, 0) is 44.1 Å². The van der Waals surface area contributed by atoms with Crippen molar-refractivity contribution in [2.45, 2.75) is 44.9 Å². The summed E-state index contributed by atoms with van der Waals surface area (Å²) in [6.45, 7) is 2.32. The fraction of sp³-hybridized carbons (Fsp3) is 0.923. The molecule has 4 nitrogen and oxygen atoms in total. The average molecular weight is 239 g/mol. The normalized spacial score (nSPS) is 24.5. The Bertz CT molecular complexity index is 280. The van der Waals surface area contributed by atoms with E-state index in [0.717, 1.165) is 18.9 Å². The third-order valence-electron chi connectivity index (χ3n) is 4.29. The summed E-state index contributed by atoms with van der Waals surface area (Å²) in [7, 11) is 2.21. The maximum Gasteiger partial charge on any atom is 0.139 e. The lowest BCUT2D eigenvalue weighted by Gasteiger charge is -2.25. The van der Waals surface area contributed by atoms with E-state index in [4.69, 9.17) is 10.9 Å². The number of nitrogens with two attached hydrogens (primary N) is 1. The Kier molecular flexibility index (Phi) is 3.92. The molecular formula is C13H25N3O. The number of rotatable bonds is 6. The molecule has 0 heterocycles. The van der Waals surface area contributed by atoms with Gasteiger partial charge < -0.3 is 15.8 Å². The van der Waals surface area contributed by atoms with Crippen molar-refractivity contribution in [3.8, 4) is 0 Å². The maximum atomic E-state index is 8.64. The van der Waals surface area contributed by atoms with Gasteiger partial charge in [-0.2, -0.15) is 0 Å². The summed E-state index contributed by atoms with van der Waals surface area (Å²) in [4.78, 5) is 2.45. The zero-order valence-electron chi connectivity index (χ0n) is 10.9. The van der Waals surface area contributed by atoms with Crippen LogP contribution < -0.4 is 5.73 Å². The van der Waals surface area contributed by atoms with Crippen LogP contribution in [0.25, 0.3) is 0 Å². The summed E-state index contributed by atoms with van der Waals surface area (Å²) in [6, 6.07) is 0. The molecule has 0 atom stereocenters. The number of hydrogen-bond acceptors (Lipinski definition) is 3. The van der Waals surface area contributed by atoms with Crippen LogP contribution in [0.3, 0.4) is 0 Å². The molecule has 4 heteroatoms. The number of nitrogens with zero attached hydrogens (tertiary/aromatic N) is 2. The first-order valence-corrected chi connectivity index (χ1v) is 6.78. The van der Waals surface area contributed by atoms with E-state index in [1.807, 2.05) is 0 Å². The fourth-order valence-corrected chi connectivity index (χ4v) is 3.26. The van der Waals surface area contributed by atoms with E-state index in [0.29, 0.717) is 11.3 Å². The number of oxime groups is 1. The second-order valence-electron chi connectivity index (χ2n) is 6.12. The molecule has 3 N–H and O–H groups in total. The molecule has 17 heavy (non-hydrogen) atoms. The van der Waals surface area contributed by atoms with E-state index in [9.17, 15) is 0 Å². The van der Waals surface area contributed by atoms with Gasteiger partial charge >= 0.3 is 0 Å². The number of hydrogen-bond donors (Lipinski definition) is 2. The molecule has 0 aromatic rings. The van der Waals surface area contributed by atoms with Crippen LogP contribution in [0.4, 0.5) is 0 Å². The third kappa shape index (κ3) is 3.60. The van der Waals surface area contributed by atoms with Crippen LogP contribution in [-0.2, 0) is 0 Å². The second kappa shape index (κ2) is 5.25. The summed E-state index contributed by atoms with van der Waals surface area (Å²) in [5.41, 5.74) is 5.93. The molecule has 0 amide bonds. The van der Waals surface area contributed by atoms with E-state index in [1.165, 1.54) is 45.1 Å². The van der Waals surface area contributed by atoms with Crippen molar-refractivity contribution in [3.63, 3.8) is 0 Å². The smallest absolute Gasteiger partial charge is 0.139 e. The van der Waals surface area contributed by atoms with Crippen LogP contribution in [0, 0.1) is 11.3 Å². The van der Waals surface area contributed by atoms with Crippen molar-refractivity contribution in [1.82, 2.24) is 4.90 Å². The summed E-state index contributed by atoms with van der Waals surface area (Å²) >= 11 is 0. The first-order chi connectivity index (χ1) is 8.13. The monoisotopic (exact) mass is 239 g/mol. The Morgan fingerprint density at radius 3 is 2.59 bits per heavy atom. The lowest BCUT2D eigenvalue weighted by molar-refractivity contribution is 0.229. The Hall–Kier alpha value is -0.770. The molecule has 2 aliphatic rings. The van der Waals surface area contributed by atoms with Crippen molar-refractivity contribution in [2.75, 3.05) is 20.1 Å². The quantitative estimate of drug-likeness (QED) is 0.323. The van der Waals surface area contributed by atoms with Crippen LogP contribution in [0.2, 0.25) is 0 Å². The van der Waals surface area contributed by atoms with Gasteiger partial charge in [0.15, 0.2) is 0 Å². The Morgan fingerprint density at radius 1 is 1.41 bits per heavy atom. The summed E-state index contributed by atoms with van der Waals surface area (Å²) in [6.07, 6.45) is 8.81. The van der Waals surface area contributed by atoms with Crippen molar-refractivity contribution in [2.24, 2.45) is 22.2 Å². The summed E-state index contributed by atoms with van der Waals surface area (Å²) in [5.74, 6) is 1.29. The van der Waals surface area contributed by atoms with Gasteiger partial charge in [0, 0.05) is 19.5 Å². The highest BCUT2D eigenvalue weighted by Gasteiger charge is 2.44. The van der Waals surface area contributed by atoms with Gasteiger partial charge in [-0.1, -0.05) is 18.0 Å². The van der Waals surface area contributed by atoms with Crippen LogP contribution in [0.1, 0.15) is 44.9 Å². The zero-order chi connectivity index (χ0) is 12.3. The van der Waals surface area contributed by atoms with Crippen molar-refractivity contribution < 1.29 is 5.21 Å². The van der Waals surface area contributed by atoms with Crippen LogP contribution in [0.15, 0.2) is 5.16 Å². The van der Waals surface area contributed by atoms with Gasteiger partial charge in [0.1, 0.15) is 5.84 Å². The van der Waals surface area contributed by atoms with E-state index < -0.39 is 0 Å². The molecule has 0 aromatic heterocycles. The van der Waals surface area contributed by atoms with E-state index in [1.54, 1.807) is 0 Å². The van der Waals surface area contributed by atoms with Crippen LogP contribution in [-0.4, -0.2) is 36.1 Å². The Morgan fingerprint density at radius 2 is 2.06 bits per heavy atom. The van der Waals surface area contributed by atoms with Crippen molar-refractivity contribution in [3.05, 3.63) is 0 Å². The van der Waals surface area contributed by atoms with Gasteiger partial charge in [0.25, 0.3) is 0 Å². The average Bonchev–Trinajstić information content (AvgIpc) is 2.83. The molecule has 98 valence electrons. The van der Waals surface area contributed by atoms with E-state index in [-0.39, 0.29) is 0 Å². The lowest BCUT2D eigenvalue weighted by Crippen LogP contribution is -2.33. The molecule has 0 spiro atoms. The molecule has 2 fully saturated rings. The molecule has 2 saturated carbocycles. The molecule has 0 aliphatic heterocycles. The molecule has 0 radical (unpaired) electrons. The molecule has 0 aromatic carbocycles. The third-order valence-corrected chi connectivity index (χ3v) is 4.29. The molecule has 2 aliphatic carbocycles. The second-order valence-corrected chi connectivity index (χ2v) is 6.12. The first kappa shape index (κ1) is 12.7. The Labute approximate surface area is 104 Å². The fourth-order valence-electron chi connectivity index (χ4n) is 3.26. The predicted molar refractivity (Wildman–Crippen MR) is 69.1 cm³/mol. The molecule has 0 bridgehead atoms. The standard InChI is InChI=1S/C13H25N3O/c1-16(9-11-4-2-3-5-11)10-13(6-7-13)8-12(14)15-17/h11,17H,2-10H2,1H3,(H2,14,15). The van der Waals surface area contributed by atoms with E-state index >= 15 is 0 Å². The largest absolute Gasteiger partial charge is 0.409 e. The molecule has 0 unspecified atom stereocenters. The minimum absolute atomic E-state index is 0.309. The van der Waals surface area contributed by atoms with Gasteiger partial charge in [-0.25, -0.2) is 0 Å². The Balaban J connectivity index is 1.75. The molecule has 0 saturated heterocycles. The van der Waals surface area contributed by atoms with Crippen molar-refractivity contribution >= 4 is 5.84 Å². The maximum absolute atomic E-state index is 8.64. The molecular weight excluding hydrogens is 214 g/mol. The molecule has 2 rings (SSSR count).